The van der Waals surface area contributed by atoms with Crippen LogP contribution < -0.4 is 5.32 Å². The van der Waals surface area contributed by atoms with Crippen LogP contribution in [0.25, 0.3) is 0 Å². The van der Waals surface area contributed by atoms with Gasteiger partial charge in [0.2, 0.25) is 0 Å². The van der Waals surface area contributed by atoms with Crippen LogP contribution in [-0.4, -0.2) is 17.0 Å². The lowest BCUT2D eigenvalue weighted by molar-refractivity contribution is 0.495. The first kappa shape index (κ1) is 11.6. The molecule has 1 saturated heterocycles. The molecule has 2 rings (SSSR count). The molecule has 1 N–H and O–H groups in total. The third kappa shape index (κ3) is 2.29. The number of hydrogen-bond donors (Lipinski definition) is 1. The second-order valence-electron chi connectivity index (χ2n) is 3.86. The van der Waals surface area contributed by atoms with Crippen LogP contribution in [0.3, 0.4) is 0 Å². The molecule has 0 radical (unpaired) electrons. The van der Waals surface area contributed by atoms with Gasteiger partial charge in [-0.3, -0.25) is 0 Å². The van der Waals surface area contributed by atoms with E-state index in [1.807, 2.05) is 6.92 Å². The predicted molar refractivity (Wildman–Crippen MR) is 60.3 cm³/mol. The SMILES string of the molecule is CC1SCCC1Nc1cc(F)c(F)cc1F. The highest BCUT2D eigenvalue weighted by atomic mass is 32.2. The molecule has 0 saturated carbocycles. The molecule has 1 aromatic rings. The summed E-state index contributed by atoms with van der Waals surface area (Å²) in [4.78, 5) is 0. The average molecular weight is 247 g/mol. The van der Waals surface area contributed by atoms with Crippen molar-refractivity contribution in [2.24, 2.45) is 0 Å². The first-order valence-electron chi connectivity index (χ1n) is 5.10. The Kier molecular flexibility index (Phi) is 3.33. The van der Waals surface area contributed by atoms with Gasteiger partial charge in [-0.15, -0.1) is 0 Å². The zero-order valence-electron chi connectivity index (χ0n) is 8.77. The normalized spacial score (nSPS) is 24.8. The maximum atomic E-state index is 13.3. The molecule has 2 atom stereocenters. The maximum absolute atomic E-state index is 13.3. The molecule has 1 aliphatic rings. The van der Waals surface area contributed by atoms with Gasteiger partial charge in [0.25, 0.3) is 0 Å². The standard InChI is InChI=1S/C11H12F3NS/c1-6-10(2-3-16-6)15-11-5-8(13)7(12)4-9(11)14/h4-6,10,15H,2-3H2,1H3. The quantitative estimate of drug-likeness (QED) is 0.804. The van der Waals surface area contributed by atoms with Crippen LogP contribution in [0.5, 0.6) is 0 Å². The van der Waals surface area contributed by atoms with Gasteiger partial charge in [0.1, 0.15) is 5.82 Å². The van der Waals surface area contributed by atoms with E-state index in [1.165, 1.54) is 0 Å². The Labute approximate surface area is 96.4 Å². The van der Waals surface area contributed by atoms with Gasteiger partial charge in [-0.2, -0.15) is 11.8 Å². The van der Waals surface area contributed by atoms with E-state index in [9.17, 15) is 13.2 Å². The zero-order chi connectivity index (χ0) is 11.7. The summed E-state index contributed by atoms with van der Waals surface area (Å²) in [7, 11) is 0. The van der Waals surface area contributed by atoms with Crippen LogP contribution >= 0.6 is 11.8 Å². The van der Waals surface area contributed by atoms with E-state index >= 15 is 0 Å². The number of halogens is 3. The van der Waals surface area contributed by atoms with Crippen LogP contribution in [0.1, 0.15) is 13.3 Å². The van der Waals surface area contributed by atoms with Gasteiger partial charge in [0, 0.05) is 23.4 Å². The predicted octanol–water partition coefficient (Wildman–Crippen LogP) is 3.41. The van der Waals surface area contributed by atoms with Crippen molar-refractivity contribution in [1.82, 2.24) is 0 Å². The molecule has 16 heavy (non-hydrogen) atoms. The van der Waals surface area contributed by atoms with Crippen LogP contribution in [-0.2, 0) is 0 Å². The molecule has 1 aromatic carbocycles. The summed E-state index contributed by atoms with van der Waals surface area (Å²) in [6.45, 7) is 2.03. The summed E-state index contributed by atoms with van der Waals surface area (Å²) in [6, 6.07) is 1.56. The smallest absolute Gasteiger partial charge is 0.161 e. The number of benzene rings is 1. The lowest BCUT2D eigenvalue weighted by atomic mass is 10.1. The Bertz CT molecular complexity index is 397. The van der Waals surface area contributed by atoms with Crippen molar-refractivity contribution < 1.29 is 13.2 Å². The summed E-state index contributed by atoms with van der Waals surface area (Å²) >= 11 is 1.79. The minimum atomic E-state index is -1.16. The second-order valence-corrected chi connectivity index (χ2v) is 5.35. The number of rotatable bonds is 2. The minimum Gasteiger partial charge on any atom is -0.379 e. The monoisotopic (exact) mass is 247 g/mol. The largest absolute Gasteiger partial charge is 0.379 e. The van der Waals surface area contributed by atoms with E-state index in [-0.39, 0.29) is 11.7 Å². The summed E-state index contributed by atoms with van der Waals surface area (Å²) in [6.07, 6.45) is 0.907. The Morgan fingerprint density at radius 1 is 1.19 bits per heavy atom. The second kappa shape index (κ2) is 4.57. The van der Waals surface area contributed by atoms with Crippen molar-refractivity contribution in [3.8, 4) is 0 Å². The number of nitrogens with one attached hydrogen (secondary N) is 1. The van der Waals surface area contributed by atoms with Crippen molar-refractivity contribution in [3.05, 3.63) is 29.6 Å². The Morgan fingerprint density at radius 2 is 1.88 bits per heavy atom. The summed E-state index contributed by atoms with van der Waals surface area (Å²) < 4.78 is 39.0. The highest BCUT2D eigenvalue weighted by Gasteiger charge is 2.24. The molecule has 0 spiro atoms. The molecule has 0 aliphatic carbocycles. The lowest BCUT2D eigenvalue weighted by Crippen LogP contribution is -2.25. The molecule has 1 heterocycles. The first-order valence-corrected chi connectivity index (χ1v) is 6.15. The number of anilines is 1. The van der Waals surface area contributed by atoms with Crippen LogP contribution in [0, 0.1) is 17.5 Å². The minimum absolute atomic E-state index is 0.0400. The number of hydrogen-bond acceptors (Lipinski definition) is 2. The van der Waals surface area contributed by atoms with E-state index < -0.39 is 17.5 Å². The van der Waals surface area contributed by atoms with Gasteiger partial charge >= 0.3 is 0 Å². The molecular formula is C11H12F3NS. The van der Waals surface area contributed by atoms with Crippen LogP contribution in [0.4, 0.5) is 18.9 Å². The van der Waals surface area contributed by atoms with Gasteiger partial charge in [0.15, 0.2) is 11.6 Å². The van der Waals surface area contributed by atoms with Crippen LogP contribution in [0.2, 0.25) is 0 Å². The highest BCUT2D eigenvalue weighted by Crippen LogP contribution is 2.30. The molecule has 88 valence electrons. The van der Waals surface area contributed by atoms with Crippen molar-refractivity contribution in [2.75, 3.05) is 11.1 Å². The van der Waals surface area contributed by atoms with Crippen molar-refractivity contribution in [1.29, 1.82) is 0 Å². The molecule has 0 amide bonds. The first-order chi connectivity index (χ1) is 7.58. The van der Waals surface area contributed by atoms with Crippen LogP contribution in [0.15, 0.2) is 12.1 Å². The Morgan fingerprint density at radius 3 is 2.50 bits per heavy atom. The molecular weight excluding hydrogens is 235 g/mol. The summed E-state index contributed by atoms with van der Waals surface area (Å²) in [5, 5.41) is 3.28. The van der Waals surface area contributed by atoms with E-state index in [0.29, 0.717) is 11.3 Å². The topological polar surface area (TPSA) is 12.0 Å². The lowest BCUT2D eigenvalue weighted by Gasteiger charge is -2.18. The van der Waals surface area contributed by atoms with Gasteiger partial charge in [-0.05, 0) is 12.2 Å². The molecule has 1 fully saturated rings. The molecule has 0 bridgehead atoms. The molecule has 0 aromatic heterocycles. The molecule has 1 nitrogen and oxygen atoms in total. The fourth-order valence-electron chi connectivity index (χ4n) is 1.75. The molecule has 5 heteroatoms. The average Bonchev–Trinajstić information content (AvgIpc) is 2.61. The summed E-state index contributed by atoms with van der Waals surface area (Å²) in [5.41, 5.74) is 0.0400. The molecule has 2 unspecified atom stereocenters. The Balaban J connectivity index is 2.18. The van der Waals surface area contributed by atoms with Crippen molar-refractivity contribution in [2.45, 2.75) is 24.6 Å². The molecule has 1 aliphatic heterocycles. The number of thioether (sulfide) groups is 1. The third-order valence-corrected chi connectivity index (χ3v) is 4.05. The van der Waals surface area contributed by atoms with Gasteiger partial charge in [0.05, 0.1) is 5.69 Å². The van der Waals surface area contributed by atoms with Gasteiger partial charge < -0.3 is 5.32 Å². The van der Waals surface area contributed by atoms with E-state index in [1.54, 1.807) is 11.8 Å². The van der Waals surface area contributed by atoms with Crippen molar-refractivity contribution in [3.63, 3.8) is 0 Å². The Hall–Kier alpha value is -0.840. The van der Waals surface area contributed by atoms with E-state index in [4.69, 9.17) is 0 Å². The highest BCUT2D eigenvalue weighted by molar-refractivity contribution is 8.00. The van der Waals surface area contributed by atoms with Gasteiger partial charge in [-0.25, -0.2) is 13.2 Å². The fraction of sp³-hybridized carbons (Fsp3) is 0.455. The zero-order valence-corrected chi connectivity index (χ0v) is 9.58. The van der Waals surface area contributed by atoms with E-state index in [2.05, 4.69) is 5.32 Å². The summed E-state index contributed by atoms with van der Waals surface area (Å²) in [5.74, 6) is -1.92. The van der Waals surface area contributed by atoms with Gasteiger partial charge in [-0.1, -0.05) is 6.92 Å². The third-order valence-electron chi connectivity index (χ3n) is 2.73. The maximum Gasteiger partial charge on any atom is 0.161 e. The fourth-order valence-corrected chi connectivity index (χ4v) is 2.95. The van der Waals surface area contributed by atoms with Crippen molar-refractivity contribution >= 4 is 17.4 Å². The van der Waals surface area contributed by atoms with E-state index in [0.717, 1.165) is 18.2 Å².